The summed E-state index contributed by atoms with van der Waals surface area (Å²) >= 11 is 6.36. The summed E-state index contributed by atoms with van der Waals surface area (Å²) in [6.07, 6.45) is 5.53. The Balaban J connectivity index is 1.60. The van der Waals surface area contributed by atoms with Gasteiger partial charge in [0.1, 0.15) is 0 Å². The topological polar surface area (TPSA) is 33.1 Å². The molecule has 0 aliphatic carbocycles. The van der Waals surface area contributed by atoms with E-state index in [1.165, 1.54) is 5.56 Å². The summed E-state index contributed by atoms with van der Waals surface area (Å²) in [7, 11) is 4.16. The smallest absolute Gasteiger partial charge is 0.0991 e. The highest BCUT2D eigenvalue weighted by molar-refractivity contribution is 6.31. The molecule has 3 rings (SSSR count). The van der Waals surface area contributed by atoms with Gasteiger partial charge in [0.15, 0.2) is 0 Å². The summed E-state index contributed by atoms with van der Waals surface area (Å²) in [5, 5.41) is 4.36. The van der Waals surface area contributed by atoms with Crippen LogP contribution in [0.25, 0.3) is 5.69 Å². The van der Waals surface area contributed by atoms with Gasteiger partial charge in [0.05, 0.1) is 6.33 Å². The largest absolute Gasteiger partial charge is 0.311 e. The standard InChI is InChI=1S/C20H23ClN4/c1-24(2)20(18-5-3-4-6-19(18)21)14-23-13-16-7-9-17(10-8-16)25-12-11-22-15-25/h3-12,15,20,23H,13-14H2,1-2H3. The third-order valence-electron chi connectivity index (χ3n) is 4.29. The average molecular weight is 355 g/mol. The maximum atomic E-state index is 6.36. The van der Waals surface area contributed by atoms with Crippen LogP contribution in [0.5, 0.6) is 0 Å². The van der Waals surface area contributed by atoms with Crippen LogP contribution >= 0.6 is 11.6 Å². The molecule has 5 heteroatoms. The first-order valence-corrected chi connectivity index (χ1v) is 8.72. The second-order valence-electron chi connectivity index (χ2n) is 6.27. The van der Waals surface area contributed by atoms with Crippen LogP contribution in [-0.2, 0) is 6.54 Å². The number of aromatic nitrogens is 2. The van der Waals surface area contributed by atoms with Gasteiger partial charge < -0.3 is 14.8 Å². The van der Waals surface area contributed by atoms with Crippen molar-refractivity contribution in [2.45, 2.75) is 12.6 Å². The van der Waals surface area contributed by atoms with E-state index in [0.29, 0.717) is 0 Å². The molecule has 0 bridgehead atoms. The first kappa shape index (κ1) is 17.7. The van der Waals surface area contributed by atoms with Crippen molar-refractivity contribution in [1.82, 2.24) is 19.8 Å². The lowest BCUT2D eigenvalue weighted by atomic mass is 10.1. The van der Waals surface area contributed by atoms with Gasteiger partial charge in [0.2, 0.25) is 0 Å². The SMILES string of the molecule is CN(C)C(CNCc1ccc(-n2ccnc2)cc1)c1ccccc1Cl. The normalized spacial score (nSPS) is 12.5. The van der Waals surface area contributed by atoms with Crippen molar-refractivity contribution in [3.05, 3.63) is 83.4 Å². The number of nitrogens with zero attached hydrogens (tertiary/aromatic N) is 3. The predicted molar refractivity (Wildman–Crippen MR) is 103 cm³/mol. The Morgan fingerprint density at radius 3 is 2.52 bits per heavy atom. The van der Waals surface area contributed by atoms with Crippen molar-refractivity contribution in [2.75, 3.05) is 20.6 Å². The molecule has 0 saturated heterocycles. The Labute approximate surface area is 154 Å². The highest BCUT2D eigenvalue weighted by atomic mass is 35.5. The highest BCUT2D eigenvalue weighted by Crippen LogP contribution is 2.25. The maximum absolute atomic E-state index is 6.36. The number of benzene rings is 2. The van der Waals surface area contributed by atoms with Crippen LogP contribution in [0, 0.1) is 0 Å². The lowest BCUT2D eigenvalue weighted by Crippen LogP contribution is -2.31. The van der Waals surface area contributed by atoms with E-state index in [1.54, 1.807) is 12.5 Å². The van der Waals surface area contributed by atoms with Gasteiger partial charge in [-0.25, -0.2) is 4.98 Å². The van der Waals surface area contributed by atoms with E-state index < -0.39 is 0 Å². The summed E-state index contributed by atoms with van der Waals surface area (Å²) in [6.45, 7) is 1.65. The minimum absolute atomic E-state index is 0.235. The Hall–Kier alpha value is -2.14. The quantitative estimate of drug-likeness (QED) is 0.698. The van der Waals surface area contributed by atoms with Gasteiger partial charge in [-0.05, 0) is 43.4 Å². The number of hydrogen-bond donors (Lipinski definition) is 1. The molecule has 0 amide bonds. The van der Waals surface area contributed by atoms with Crippen LogP contribution in [0.4, 0.5) is 0 Å². The summed E-state index contributed by atoms with van der Waals surface area (Å²) < 4.78 is 2.00. The third kappa shape index (κ3) is 4.48. The molecule has 1 heterocycles. The fraction of sp³-hybridized carbons (Fsp3) is 0.250. The minimum Gasteiger partial charge on any atom is -0.311 e. The fourth-order valence-corrected chi connectivity index (χ4v) is 3.13. The Kier molecular flexibility index (Phi) is 5.87. The third-order valence-corrected chi connectivity index (χ3v) is 4.64. The number of rotatable bonds is 7. The summed E-state index contributed by atoms with van der Waals surface area (Å²) in [5.74, 6) is 0. The number of imidazole rings is 1. The zero-order valence-corrected chi connectivity index (χ0v) is 15.3. The van der Waals surface area contributed by atoms with Crippen LogP contribution in [0.1, 0.15) is 17.2 Å². The Morgan fingerprint density at radius 1 is 1.12 bits per heavy atom. The second kappa shape index (κ2) is 8.30. The maximum Gasteiger partial charge on any atom is 0.0991 e. The van der Waals surface area contributed by atoms with E-state index in [4.69, 9.17) is 11.6 Å². The van der Waals surface area contributed by atoms with Gasteiger partial charge in [-0.15, -0.1) is 0 Å². The fourth-order valence-electron chi connectivity index (χ4n) is 2.87. The van der Waals surface area contributed by atoms with Crippen LogP contribution in [0.3, 0.4) is 0 Å². The molecule has 0 saturated carbocycles. The molecule has 1 unspecified atom stereocenters. The number of hydrogen-bond acceptors (Lipinski definition) is 3. The van der Waals surface area contributed by atoms with Crippen LogP contribution in [-0.4, -0.2) is 35.1 Å². The molecular weight excluding hydrogens is 332 g/mol. The lowest BCUT2D eigenvalue weighted by Gasteiger charge is -2.26. The summed E-state index contributed by atoms with van der Waals surface area (Å²) in [6, 6.07) is 16.8. The van der Waals surface area contributed by atoms with Crippen molar-refractivity contribution < 1.29 is 0 Å². The van der Waals surface area contributed by atoms with E-state index in [9.17, 15) is 0 Å². The molecule has 25 heavy (non-hydrogen) atoms. The van der Waals surface area contributed by atoms with Crippen LogP contribution in [0.2, 0.25) is 5.02 Å². The molecule has 2 aromatic carbocycles. The van der Waals surface area contributed by atoms with Gasteiger partial charge in [-0.2, -0.15) is 0 Å². The van der Waals surface area contributed by atoms with Gasteiger partial charge in [-0.3, -0.25) is 0 Å². The molecule has 0 aliphatic rings. The zero-order valence-electron chi connectivity index (χ0n) is 14.6. The molecule has 0 fully saturated rings. The van der Waals surface area contributed by atoms with Gasteiger partial charge in [0, 0.05) is 42.2 Å². The molecule has 0 radical (unpaired) electrons. The van der Waals surface area contributed by atoms with Gasteiger partial charge >= 0.3 is 0 Å². The molecule has 1 N–H and O–H groups in total. The molecule has 130 valence electrons. The van der Waals surface area contributed by atoms with Gasteiger partial charge in [-0.1, -0.05) is 41.9 Å². The van der Waals surface area contributed by atoms with Crippen molar-refractivity contribution in [3.8, 4) is 5.69 Å². The zero-order chi connectivity index (χ0) is 17.6. The highest BCUT2D eigenvalue weighted by Gasteiger charge is 2.16. The van der Waals surface area contributed by atoms with Gasteiger partial charge in [0.25, 0.3) is 0 Å². The average Bonchev–Trinajstić information content (AvgIpc) is 3.14. The number of halogens is 1. The molecule has 0 spiro atoms. The second-order valence-corrected chi connectivity index (χ2v) is 6.68. The van der Waals surface area contributed by atoms with E-state index in [-0.39, 0.29) is 6.04 Å². The molecule has 3 aromatic rings. The predicted octanol–water partition coefficient (Wildman–Crippen LogP) is 3.92. The molecule has 1 atom stereocenters. The monoisotopic (exact) mass is 354 g/mol. The van der Waals surface area contributed by atoms with E-state index in [1.807, 2.05) is 29.0 Å². The molecule has 4 nitrogen and oxygen atoms in total. The lowest BCUT2D eigenvalue weighted by molar-refractivity contribution is 0.288. The minimum atomic E-state index is 0.235. The van der Waals surface area contributed by atoms with E-state index >= 15 is 0 Å². The Bertz CT molecular complexity index is 782. The van der Waals surface area contributed by atoms with E-state index in [2.05, 4.69) is 59.6 Å². The van der Waals surface area contributed by atoms with Crippen LogP contribution < -0.4 is 5.32 Å². The first-order valence-electron chi connectivity index (χ1n) is 8.34. The molecule has 1 aromatic heterocycles. The van der Waals surface area contributed by atoms with Crippen LogP contribution in [0.15, 0.2) is 67.3 Å². The summed E-state index contributed by atoms with van der Waals surface area (Å²) in [4.78, 5) is 6.27. The Morgan fingerprint density at radius 2 is 1.88 bits per heavy atom. The number of likely N-dealkylation sites (N-methyl/N-ethyl adjacent to an activating group) is 1. The molecular formula is C20H23ClN4. The van der Waals surface area contributed by atoms with Crippen molar-refractivity contribution in [2.24, 2.45) is 0 Å². The first-order chi connectivity index (χ1) is 12.1. The number of nitrogens with one attached hydrogen (secondary N) is 1. The van der Waals surface area contributed by atoms with Crippen molar-refractivity contribution in [1.29, 1.82) is 0 Å². The van der Waals surface area contributed by atoms with Crippen molar-refractivity contribution >= 4 is 11.6 Å². The molecule has 0 aliphatic heterocycles. The van der Waals surface area contributed by atoms with E-state index in [0.717, 1.165) is 29.4 Å². The summed E-state index contributed by atoms with van der Waals surface area (Å²) in [5.41, 5.74) is 3.51. The van der Waals surface area contributed by atoms with Crippen molar-refractivity contribution in [3.63, 3.8) is 0 Å².